The summed E-state index contributed by atoms with van der Waals surface area (Å²) in [6.07, 6.45) is -0.218. The van der Waals surface area contributed by atoms with Gasteiger partial charge in [0.2, 0.25) is 0 Å². The van der Waals surface area contributed by atoms with E-state index in [4.69, 9.17) is 16.3 Å². The lowest BCUT2D eigenvalue weighted by atomic mass is 10.1. The Morgan fingerprint density at radius 1 is 0.842 bits per heavy atom. The van der Waals surface area contributed by atoms with E-state index in [1.807, 2.05) is 30.3 Å². The Morgan fingerprint density at radius 3 is 2.11 bits per heavy atom. The van der Waals surface area contributed by atoms with Crippen LogP contribution in [0.4, 0.5) is 5.69 Å². The number of rotatable bonds is 9. The van der Waals surface area contributed by atoms with Crippen LogP contribution in [0.15, 0.2) is 89.6 Å². The molecule has 1 aliphatic rings. The minimum absolute atomic E-state index is 0.0511. The number of carbonyl (C=O) groups excluding carboxylic acids is 4. The minimum atomic E-state index is -0.542. The van der Waals surface area contributed by atoms with E-state index >= 15 is 0 Å². The van der Waals surface area contributed by atoms with Crippen LogP contribution in [0.25, 0.3) is 0 Å². The number of amides is 3. The van der Waals surface area contributed by atoms with Gasteiger partial charge in [0.1, 0.15) is 10.7 Å². The van der Waals surface area contributed by atoms with E-state index in [0.717, 1.165) is 16.0 Å². The molecule has 0 aromatic heterocycles. The van der Waals surface area contributed by atoms with Crippen molar-refractivity contribution in [2.75, 3.05) is 5.32 Å². The van der Waals surface area contributed by atoms with Gasteiger partial charge in [0.25, 0.3) is 17.7 Å². The SMILES string of the molecule is CC(C)OC(=O)c1ccc(NC(=O)c2ccc(CNC3=C(Cl)C(=O)N(Cc4ccccc4)C3=O)cc2)cc1. The van der Waals surface area contributed by atoms with Gasteiger partial charge in [-0.25, -0.2) is 4.79 Å². The molecule has 0 fully saturated rings. The molecule has 0 radical (unpaired) electrons. The van der Waals surface area contributed by atoms with E-state index in [9.17, 15) is 19.2 Å². The lowest BCUT2D eigenvalue weighted by molar-refractivity contribution is -0.138. The second kappa shape index (κ2) is 11.7. The number of halogens is 1. The summed E-state index contributed by atoms with van der Waals surface area (Å²) in [4.78, 5) is 51.0. The van der Waals surface area contributed by atoms with Crippen molar-refractivity contribution in [1.29, 1.82) is 0 Å². The molecule has 3 aromatic carbocycles. The summed E-state index contributed by atoms with van der Waals surface area (Å²) in [5.74, 6) is -1.77. The maximum Gasteiger partial charge on any atom is 0.338 e. The smallest absolute Gasteiger partial charge is 0.338 e. The standard InChI is InChI=1S/C29H26ClN3O5/c1-18(2)38-29(37)22-12-14-23(15-13-22)32-26(34)21-10-8-19(9-11-21)16-31-25-24(30)27(35)33(28(25)36)17-20-6-4-3-5-7-20/h3-15,18,31H,16-17H2,1-2H3,(H,32,34). The molecule has 0 unspecified atom stereocenters. The maximum absolute atomic E-state index is 12.8. The van der Waals surface area contributed by atoms with Crippen molar-refractivity contribution in [2.45, 2.75) is 33.0 Å². The molecule has 0 saturated heterocycles. The van der Waals surface area contributed by atoms with Crippen molar-refractivity contribution >= 4 is 41.0 Å². The molecule has 1 aliphatic heterocycles. The van der Waals surface area contributed by atoms with Crippen LogP contribution in [0.1, 0.15) is 45.7 Å². The summed E-state index contributed by atoms with van der Waals surface area (Å²) in [5, 5.41) is 5.59. The molecule has 38 heavy (non-hydrogen) atoms. The summed E-state index contributed by atoms with van der Waals surface area (Å²) >= 11 is 6.17. The summed E-state index contributed by atoms with van der Waals surface area (Å²) < 4.78 is 5.16. The first kappa shape index (κ1) is 26.6. The van der Waals surface area contributed by atoms with Gasteiger partial charge in [-0.2, -0.15) is 0 Å². The van der Waals surface area contributed by atoms with Crippen molar-refractivity contribution in [3.05, 3.63) is 112 Å². The third-order valence-corrected chi connectivity index (χ3v) is 6.05. The van der Waals surface area contributed by atoms with Gasteiger partial charge >= 0.3 is 5.97 Å². The first-order chi connectivity index (χ1) is 18.2. The number of ether oxygens (including phenoxy) is 1. The van der Waals surface area contributed by atoms with Crippen LogP contribution >= 0.6 is 11.6 Å². The van der Waals surface area contributed by atoms with Crippen LogP contribution in [0.5, 0.6) is 0 Å². The van der Waals surface area contributed by atoms with Crippen LogP contribution < -0.4 is 10.6 Å². The Bertz CT molecular complexity index is 1380. The second-order valence-corrected chi connectivity index (χ2v) is 9.29. The highest BCUT2D eigenvalue weighted by Gasteiger charge is 2.37. The fourth-order valence-electron chi connectivity index (χ4n) is 3.75. The molecule has 9 heteroatoms. The van der Waals surface area contributed by atoms with Crippen LogP contribution in [0.3, 0.4) is 0 Å². The van der Waals surface area contributed by atoms with Crippen LogP contribution in [-0.2, 0) is 27.4 Å². The fraction of sp³-hybridized carbons (Fsp3) is 0.172. The summed E-state index contributed by atoms with van der Waals surface area (Å²) in [7, 11) is 0. The highest BCUT2D eigenvalue weighted by atomic mass is 35.5. The van der Waals surface area contributed by atoms with Gasteiger partial charge < -0.3 is 15.4 Å². The number of benzene rings is 3. The predicted molar refractivity (Wildman–Crippen MR) is 143 cm³/mol. The highest BCUT2D eigenvalue weighted by Crippen LogP contribution is 2.24. The second-order valence-electron chi connectivity index (χ2n) is 8.91. The minimum Gasteiger partial charge on any atom is -0.459 e. The van der Waals surface area contributed by atoms with Crippen molar-refractivity contribution in [1.82, 2.24) is 10.2 Å². The van der Waals surface area contributed by atoms with Gasteiger partial charge in [0.05, 0.1) is 18.2 Å². The summed E-state index contributed by atoms with van der Waals surface area (Å²) in [6.45, 7) is 3.92. The lowest BCUT2D eigenvalue weighted by Gasteiger charge is -2.15. The Balaban J connectivity index is 1.32. The maximum atomic E-state index is 12.8. The van der Waals surface area contributed by atoms with E-state index in [2.05, 4.69) is 10.6 Å². The van der Waals surface area contributed by atoms with E-state index in [-0.39, 0.29) is 35.8 Å². The molecule has 3 amide bonds. The zero-order chi connectivity index (χ0) is 27.2. The third-order valence-electron chi connectivity index (χ3n) is 5.70. The molecular weight excluding hydrogens is 506 g/mol. The number of hydrogen-bond acceptors (Lipinski definition) is 6. The lowest BCUT2D eigenvalue weighted by Crippen LogP contribution is -2.33. The average Bonchev–Trinajstić information content (AvgIpc) is 3.11. The van der Waals surface area contributed by atoms with Gasteiger partial charge in [-0.1, -0.05) is 54.1 Å². The van der Waals surface area contributed by atoms with E-state index < -0.39 is 17.8 Å². The number of anilines is 1. The predicted octanol–water partition coefficient (Wildman–Crippen LogP) is 4.61. The topological polar surface area (TPSA) is 105 Å². The number of imide groups is 1. The number of nitrogens with zero attached hydrogens (tertiary/aromatic N) is 1. The fourth-order valence-corrected chi connectivity index (χ4v) is 4.00. The Kier molecular flexibility index (Phi) is 8.23. The summed E-state index contributed by atoms with van der Waals surface area (Å²) in [6, 6.07) is 22.4. The van der Waals surface area contributed by atoms with Crippen LogP contribution in [0.2, 0.25) is 0 Å². The first-order valence-electron chi connectivity index (χ1n) is 12.0. The van der Waals surface area contributed by atoms with Gasteiger partial charge in [0.15, 0.2) is 0 Å². The summed E-state index contributed by atoms with van der Waals surface area (Å²) in [5.41, 5.74) is 3.01. The Hall–Kier alpha value is -4.43. The Morgan fingerprint density at radius 2 is 1.47 bits per heavy atom. The molecule has 0 spiro atoms. The zero-order valence-electron chi connectivity index (χ0n) is 20.9. The van der Waals surface area contributed by atoms with Crippen molar-refractivity contribution in [2.24, 2.45) is 0 Å². The van der Waals surface area contributed by atoms with Gasteiger partial charge in [-0.05, 0) is 61.4 Å². The van der Waals surface area contributed by atoms with Gasteiger partial charge in [-0.3, -0.25) is 19.3 Å². The largest absolute Gasteiger partial charge is 0.459 e. The number of hydrogen-bond donors (Lipinski definition) is 2. The molecule has 0 atom stereocenters. The van der Waals surface area contributed by atoms with Crippen molar-refractivity contribution in [3.8, 4) is 0 Å². The zero-order valence-corrected chi connectivity index (χ0v) is 21.6. The molecule has 1 heterocycles. The number of carbonyl (C=O) groups is 4. The Labute approximate surface area is 225 Å². The number of esters is 1. The van der Waals surface area contributed by atoms with Crippen molar-refractivity contribution in [3.63, 3.8) is 0 Å². The van der Waals surface area contributed by atoms with Gasteiger partial charge in [-0.15, -0.1) is 0 Å². The average molecular weight is 532 g/mol. The van der Waals surface area contributed by atoms with Gasteiger partial charge in [0, 0.05) is 17.8 Å². The van der Waals surface area contributed by atoms with Crippen LogP contribution in [0, 0.1) is 0 Å². The van der Waals surface area contributed by atoms with Crippen molar-refractivity contribution < 1.29 is 23.9 Å². The van der Waals surface area contributed by atoms with E-state index in [0.29, 0.717) is 16.8 Å². The molecule has 3 aromatic rings. The molecule has 4 rings (SSSR count). The molecule has 0 saturated carbocycles. The first-order valence-corrected chi connectivity index (χ1v) is 12.4. The van der Waals surface area contributed by atoms with Crippen LogP contribution in [-0.4, -0.2) is 34.7 Å². The molecule has 0 bridgehead atoms. The molecule has 8 nitrogen and oxygen atoms in total. The monoisotopic (exact) mass is 531 g/mol. The number of nitrogens with one attached hydrogen (secondary N) is 2. The van der Waals surface area contributed by atoms with E-state index in [1.54, 1.807) is 62.4 Å². The molecular formula is C29H26ClN3O5. The molecule has 2 N–H and O–H groups in total. The molecule has 0 aliphatic carbocycles. The highest BCUT2D eigenvalue weighted by molar-refractivity contribution is 6.47. The molecule has 194 valence electrons. The van der Waals surface area contributed by atoms with E-state index in [1.165, 1.54) is 0 Å². The third kappa shape index (κ3) is 6.27. The normalized spacial score (nSPS) is 13.2. The quantitative estimate of drug-likeness (QED) is 0.308.